The van der Waals surface area contributed by atoms with Crippen LogP contribution in [0.2, 0.25) is 0 Å². The van der Waals surface area contributed by atoms with Crippen LogP contribution in [0, 0.1) is 6.92 Å². The second-order valence-corrected chi connectivity index (χ2v) is 3.08. The minimum Gasteiger partial charge on any atom is -0.464 e. The van der Waals surface area contributed by atoms with E-state index in [0.717, 1.165) is 5.56 Å². The summed E-state index contributed by atoms with van der Waals surface area (Å²) >= 11 is 3.26. The molecule has 0 amide bonds. The molecule has 1 aromatic heterocycles. The third-order valence-electron chi connectivity index (χ3n) is 1.46. The first-order chi connectivity index (χ1) is 5.66. The molecule has 1 rings (SSSR count). The number of hydrogen-bond donors (Lipinski definition) is 0. The number of hydrogen-bond acceptors (Lipinski definition) is 3. The van der Waals surface area contributed by atoms with Crippen molar-refractivity contribution >= 4 is 21.9 Å². The highest BCUT2D eigenvalue weighted by Crippen LogP contribution is 2.19. The zero-order chi connectivity index (χ0) is 9.14. The predicted octanol–water partition coefficient (Wildman–Crippen LogP) is 1.94. The van der Waals surface area contributed by atoms with Crippen molar-refractivity contribution in [2.75, 3.05) is 7.11 Å². The Hall–Kier alpha value is -0.900. The number of aryl methyl sites for hydroxylation is 1. The quantitative estimate of drug-likeness (QED) is 0.692. The first kappa shape index (κ1) is 9.19. The molecule has 0 N–H and O–H groups in total. The number of methoxy groups -OCH3 is 1. The van der Waals surface area contributed by atoms with E-state index in [9.17, 15) is 4.79 Å². The summed E-state index contributed by atoms with van der Waals surface area (Å²) in [5, 5.41) is 0. The summed E-state index contributed by atoms with van der Waals surface area (Å²) in [4.78, 5) is 15.0. The van der Waals surface area contributed by atoms with Crippen molar-refractivity contribution in [3.63, 3.8) is 0 Å². The fourth-order valence-corrected chi connectivity index (χ4v) is 1.18. The summed E-state index contributed by atoms with van der Waals surface area (Å²) in [6.07, 6.45) is 1.58. The molecular formula is C8H8BrNO2. The molecule has 0 aliphatic rings. The molecule has 64 valence electrons. The van der Waals surface area contributed by atoms with Gasteiger partial charge in [0.15, 0.2) is 5.69 Å². The largest absolute Gasteiger partial charge is 0.464 e. The van der Waals surface area contributed by atoms with Gasteiger partial charge in [-0.15, -0.1) is 0 Å². The lowest BCUT2D eigenvalue weighted by Gasteiger charge is -2.02. The number of rotatable bonds is 1. The van der Waals surface area contributed by atoms with Crippen LogP contribution in [0.15, 0.2) is 16.7 Å². The number of ether oxygens (including phenoxy) is 1. The van der Waals surface area contributed by atoms with Crippen LogP contribution in [0.25, 0.3) is 0 Å². The smallest absolute Gasteiger partial charge is 0.357 e. The number of halogens is 1. The standard InChI is InChI=1S/C8H8BrNO2/c1-5-3-4-10-7(6(5)9)8(11)12-2/h3-4H,1-2H3. The van der Waals surface area contributed by atoms with E-state index >= 15 is 0 Å². The van der Waals surface area contributed by atoms with Gasteiger partial charge in [0.2, 0.25) is 0 Å². The Balaban J connectivity index is 3.16. The SMILES string of the molecule is COC(=O)c1nccc(C)c1Br. The maximum Gasteiger partial charge on any atom is 0.357 e. The lowest BCUT2D eigenvalue weighted by molar-refractivity contribution is 0.0593. The van der Waals surface area contributed by atoms with Gasteiger partial charge in [0, 0.05) is 6.20 Å². The molecule has 0 radical (unpaired) electrons. The molecule has 3 nitrogen and oxygen atoms in total. The maximum absolute atomic E-state index is 11.1. The minimum absolute atomic E-state index is 0.317. The van der Waals surface area contributed by atoms with E-state index < -0.39 is 5.97 Å². The first-order valence-electron chi connectivity index (χ1n) is 3.36. The van der Waals surface area contributed by atoms with Crippen molar-refractivity contribution in [1.82, 2.24) is 4.98 Å². The van der Waals surface area contributed by atoms with Gasteiger partial charge in [0.1, 0.15) is 0 Å². The molecule has 0 aromatic carbocycles. The summed E-state index contributed by atoms with van der Waals surface area (Å²) in [7, 11) is 1.33. The Labute approximate surface area is 78.9 Å². The van der Waals surface area contributed by atoms with E-state index in [-0.39, 0.29) is 0 Å². The first-order valence-corrected chi connectivity index (χ1v) is 4.15. The summed E-state index contributed by atoms with van der Waals surface area (Å²) < 4.78 is 5.23. The lowest BCUT2D eigenvalue weighted by Crippen LogP contribution is -2.05. The Morgan fingerprint density at radius 1 is 1.67 bits per heavy atom. The number of pyridine rings is 1. The fourth-order valence-electron chi connectivity index (χ4n) is 0.779. The monoisotopic (exact) mass is 229 g/mol. The van der Waals surface area contributed by atoms with Gasteiger partial charge in [0.05, 0.1) is 11.6 Å². The Kier molecular flexibility index (Phi) is 2.81. The van der Waals surface area contributed by atoms with E-state index in [4.69, 9.17) is 0 Å². The second-order valence-electron chi connectivity index (χ2n) is 2.28. The Morgan fingerprint density at radius 3 is 2.92 bits per heavy atom. The lowest BCUT2D eigenvalue weighted by atomic mass is 10.2. The van der Waals surface area contributed by atoms with Gasteiger partial charge in [-0.05, 0) is 34.5 Å². The molecule has 0 aliphatic heterocycles. The van der Waals surface area contributed by atoms with Gasteiger partial charge >= 0.3 is 5.97 Å². The van der Waals surface area contributed by atoms with E-state index in [1.807, 2.05) is 13.0 Å². The van der Waals surface area contributed by atoms with Crippen molar-refractivity contribution in [3.05, 3.63) is 28.0 Å². The van der Waals surface area contributed by atoms with E-state index in [0.29, 0.717) is 10.2 Å². The number of nitrogens with zero attached hydrogens (tertiary/aromatic N) is 1. The van der Waals surface area contributed by atoms with Crippen LogP contribution in [0.3, 0.4) is 0 Å². The second kappa shape index (κ2) is 3.67. The average Bonchev–Trinajstić information content (AvgIpc) is 2.08. The highest BCUT2D eigenvalue weighted by atomic mass is 79.9. The van der Waals surface area contributed by atoms with Crippen LogP contribution >= 0.6 is 15.9 Å². The van der Waals surface area contributed by atoms with Crippen LogP contribution in [0.5, 0.6) is 0 Å². The van der Waals surface area contributed by atoms with Gasteiger partial charge in [0.25, 0.3) is 0 Å². The summed E-state index contributed by atoms with van der Waals surface area (Å²) in [6.45, 7) is 1.89. The summed E-state index contributed by atoms with van der Waals surface area (Å²) in [6, 6.07) is 1.82. The molecule has 4 heteroatoms. The topological polar surface area (TPSA) is 39.2 Å². The zero-order valence-corrected chi connectivity index (χ0v) is 8.38. The van der Waals surface area contributed by atoms with Gasteiger partial charge in [-0.3, -0.25) is 0 Å². The number of esters is 1. The van der Waals surface area contributed by atoms with Crippen LogP contribution in [0.4, 0.5) is 0 Å². The zero-order valence-electron chi connectivity index (χ0n) is 6.80. The summed E-state index contributed by atoms with van der Waals surface area (Å²) in [5.41, 5.74) is 1.28. The fraction of sp³-hybridized carbons (Fsp3) is 0.250. The van der Waals surface area contributed by atoms with E-state index in [1.54, 1.807) is 6.20 Å². The molecule has 0 spiro atoms. The van der Waals surface area contributed by atoms with Crippen molar-refractivity contribution in [2.45, 2.75) is 6.92 Å². The molecule has 0 saturated carbocycles. The Bertz CT molecular complexity index is 312. The van der Waals surface area contributed by atoms with Crippen LogP contribution < -0.4 is 0 Å². The predicted molar refractivity (Wildman–Crippen MR) is 48.0 cm³/mol. The van der Waals surface area contributed by atoms with Crippen molar-refractivity contribution in [1.29, 1.82) is 0 Å². The molecule has 0 atom stereocenters. The van der Waals surface area contributed by atoms with Gasteiger partial charge in [-0.2, -0.15) is 0 Å². The minimum atomic E-state index is -0.425. The number of aromatic nitrogens is 1. The molecule has 0 unspecified atom stereocenters. The third kappa shape index (κ3) is 1.64. The van der Waals surface area contributed by atoms with Crippen LogP contribution in [0.1, 0.15) is 16.1 Å². The maximum atomic E-state index is 11.1. The molecule has 1 heterocycles. The highest BCUT2D eigenvalue weighted by molar-refractivity contribution is 9.10. The summed E-state index contributed by atoms with van der Waals surface area (Å²) in [5.74, 6) is -0.425. The van der Waals surface area contributed by atoms with Crippen LogP contribution in [-0.2, 0) is 4.74 Å². The highest BCUT2D eigenvalue weighted by Gasteiger charge is 2.12. The van der Waals surface area contributed by atoms with Crippen molar-refractivity contribution < 1.29 is 9.53 Å². The van der Waals surface area contributed by atoms with E-state index in [2.05, 4.69) is 25.7 Å². The van der Waals surface area contributed by atoms with Gasteiger partial charge in [-0.25, -0.2) is 9.78 Å². The molecule has 0 saturated heterocycles. The Morgan fingerprint density at radius 2 is 2.33 bits per heavy atom. The molecule has 0 bridgehead atoms. The van der Waals surface area contributed by atoms with Crippen molar-refractivity contribution in [3.8, 4) is 0 Å². The van der Waals surface area contributed by atoms with Crippen LogP contribution in [-0.4, -0.2) is 18.1 Å². The molecule has 12 heavy (non-hydrogen) atoms. The molecule has 0 fully saturated rings. The van der Waals surface area contributed by atoms with Gasteiger partial charge in [-0.1, -0.05) is 0 Å². The van der Waals surface area contributed by atoms with Crippen molar-refractivity contribution in [2.24, 2.45) is 0 Å². The normalized spacial score (nSPS) is 9.58. The third-order valence-corrected chi connectivity index (χ3v) is 2.46. The number of carbonyl (C=O) groups is 1. The molecule has 0 aliphatic carbocycles. The average molecular weight is 230 g/mol. The molecular weight excluding hydrogens is 222 g/mol. The van der Waals surface area contributed by atoms with E-state index in [1.165, 1.54) is 7.11 Å². The number of carbonyl (C=O) groups excluding carboxylic acids is 1. The molecule has 1 aromatic rings. The van der Waals surface area contributed by atoms with Gasteiger partial charge < -0.3 is 4.74 Å².